The van der Waals surface area contributed by atoms with Crippen LogP contribution in [0.5, 0.6) is 0 Å². The van der Waals surface area contributed by atoms with E-state index in [-0.39, 0.29) is 11.5 Å². The van der Waals surface area contributed by atoms with Gasteiger partial charge in [0.15, 0.2) is 0 Å². The summed E-state index contributed by atoms with van der Waals surface area (Å²) in [5.74, 6) is 5.69. The number of nitrogens with one attached hydrogen (secondary N) is 2. The molecule has 0 saturated heterocycles. The molecule has 1 aromatic heterocycles. The fraction of sp³-hybridized carbons (Fsp3) is 0. The molecule has 0 aliphatic heterocycles. The summed E-state index contributed by atoms with van der Waals surface area (Å²) in [5.41, 5.74) is 2.85. The predicted octanol–water partition coefficient (Wildman–Crippen LogP) is 3.54. The Morgan fingerprint density at radius 2 is 2.00 bits per heavy atom. The van der Waals surface area contributed by atoms with Crippen LogP contribution in [-0.4, -0.2) is 9.91 Å². The van der Waals surface area contributed by atoms with Crippen LogP contribution < -0.4 is 16.6 Å². The minimum Gasteiger partial charge on any atom is -0.333 e. The summed E-state index contributed by atoms with van der Waals surface area (Å²) < 4.78 is 1.59. The van der Waals surface area contributed by atoms with Crippen LogP contribution in [0.2, 0.25) is 0 Å². The lowest BCUT2D eigenvalue weighted by Gasteiger charge is -2.10. The average Bonchev–Trinajstić information content (AvgIpc) is 2.42. The number of pyridine rings is 1. The van der Waals surface area contributed by atoms with Gasteiger partial charge in [-0.15, -0.1) is 0 Å². The fourth-order valence-electron chi connectivity index (χ4n) is 1.49. The van der Waals surface area contributed by atoms with Crippen LogP contribution in [0.4, 0.5) is 23.0 Å². The van der Waals surface area contributed by atoms with E-state index in [1.165, 1.54) is 12.1 Å². The Balaban J connectivity index is 2.45. The highest BCUT2D eigenvalue weighted by atomic mass is 79.9. The van der Waals surface area contributed by atoms with Crippen molar-refractivity contribution in [3.8, 4) is 0 Å². The van der Waals surface area contributed by atoms with Gasteiger partial charge in [0, 0.05) is 15.0 Å². The van der Waals surface area contributed by atoms with Crippen LogP contribution >= 0.6 is 31.9 Å². The van der Waals surface area contributed by atoms with E-state index in [2.05, 4.69) is 47.6 Å². The summed E-state index contributed by atoms with van der Waals surface area (Å²) in [6.45, 7) is 0. The zero-order valence-corrected chi connectivity index (χ0v) is 13.1. The molecule has 0 atom stereocenters. The van der Waals surface area contributed by atoms with E-state index in [0.717, 1.165) is 8.95 Å². The number of hydrogen-bond donors (Lipinski definition) is 3. The second kappa shape index (κ2) is 6.16. The third kappa shape index (κ3) is 3.24. The fourth-order valence-corrected chi connectivity index (χ4v) is 2.20. The number of nitrogens with two attached hydrogens (primary N) is 1. The Morgan fingerprint density at radius 3 is 2.65 bits per heavy atom. The van der Waals surface area contributed by atoms with Crippen LogP contribution in [0.1, 0.15) is 0 Å². The van der Waals surface area contributed by atoms with Crippen LogP contribution in [0, 0.1) is 10.1 Å². The smallest absolute Gasteiger partial charge is 0.311 e. The molecule has 0 bridgehead atoms. The van der Waals surface area contributed by atoms with Crippen molar-refractivity contribution in [2.45, 2.75) is 0 Å². The summed E-state index contributed by atoms with van der Waals surface area (Å²) in [7, 11) is 0. The van der Waals surface area contributed by atoms with Crippen LogP contribution in [-0.2, 0) is 0 Å². The van der Waals surface area contributed by atoms with Gasteiger partial charge >= 0.3 is 5.69 Å². The van der Waals surface area contributed by atoms with E-state index < -0.39 is 4.92 Å². The van der Waals surface area contributed by atoms with E-state index in [1.807, 2.05) is 12.1 Å². The molecule has 0 saturated carbocycles. The third-order valence-electron chi connectivity index (χ3n) is 2.40. The van der Waals surface area contributed by atoms with Crippen molar-refractivity contribution in [1.29, 1.82) is 0 Å². The number of halogens is 2. The summed E-state index contributed by atoms with van der Waals surface area (Å²) in [5, 5.41) is 13.9. The molecule has 7 nitrogen and oxygen atoms in total. The van der Waals surface area contributed by atoms with Gasteiger partial charge in [-0.1, -0.05) is 15.9 Å². The molecule has 0 aliphatic rings. The molecule has 2 aromatic rings. The highest BCUT2D eigenvalue weighted by Gasteiger charge is 2.17. The van der Waals surface area contributed by atoms with Crippen molar-refractivity contribution >= 4 is 54.9 Å². The first kappa shape index (κ1) is 14.7. The lowest BCUT2D eigenvalue weighted by Crippen LogP contribution is -2.10. The van der Waals surface area contributed by atoms with Crippen LogP contribution in [0.15, 0.2) is 39.3 Å². The van der Waals surface area contributed by atoms with Gasteiger partial charge in [0.05, 0.1) is 10.6 Å². The van der Waals surface area contributed by atoms with Gasteiger partial charge < -0.3 is 10.7 Å². The summed E-state index contributed by atoms with van der Waals surface area (Å²) >= 11 is 6.70. The van der Waals surface area contributed by atoms with Gasteiger partial charge in [-0.05, 0) is 40.2 Å². The minimum absolute atomic E-state index is 0.101. The second-order valence-corrected chi connectivity index (χ2v) is 5.48. The van der Waals surface area contributed by atoms with Crippen molar-refractivity contribution in [3.63, 3.8) is 0 Å². The Kier molecular flexibility index (Phi) is 4.53. The highest BCUT2D eigenvalue weighted by Crippen LogP contribution is 2.32. The molecule has 0 fully saturated rings. The Morgan fingerprint density at radius 1 is 1.25 bits per heavy atom. The normalized spacial score (nSPS) is 10.2. The number of hydrazine groups is 1. The Labute approximate surface area is 131 Å². The molecule has 2 rings (SSSR count). The molecular weight excluding hydrogens is 394 g/mol. The molecule has 104 valence electrons. The Bertz CT molecular complexity index is 665. The highest BCUT2D eigenvalue weighted by molar-refractivity contribution is 9.11. The van der Waals surface area contributed by atoms with Crippen LogP contribution in [0.25, 0.3) is 0 Å². The van der Waals surface area contributed by atoms with Gasteiger partial charge in [0.2, 0.25) is 5.82 Å². The van der Waals surface area contributed by atoms with Gasteiger partial charge in [0.25, 0.3) is 0 Å². The number of nitrogen functional groups attached to an aromatic ring is 1. The van der Waals surface area contributed by atoms with Crippen LogP contribution in [0.3, 0.4) is 0 Å². The topological polar surface area (TPSA) is 106 Å². The molecule has 1 aromatic carbocycles. The van der Waals surface area contributed by atoms with Crippen molar-refractivity contribution < 1.29 is 4.92 Å². The predicted molar refractivity (Wildman–Crippen MR) is 83.8 cm³/mol. The first-order chi connectivity index (χ1) is 9.51. The zero-order valence-electron chi connectivity index (χ0n) is 9.93. The minimum atomic E-state index is -0.512. The van der Waals surface area contributed by atoms with Crippen molar-refractivity contribution in [1.82, 2.24) is 4.98 Å². The SMILES string of the molecule is NNc1ccc([N+](=O)[O-])c(Nc2cc(Br)ccc2Br)n1. The molecule has 4 N–H and O–H groups in total. The lowest BCUT2D eigenvalue weighted by atomic mass is 10.3. The quantitative estimate of drug-likeness (QED) is 0.410. The molecule has 0 spiro atoms. The third-order valence-corrected chi connectivity index (χ3v) is 3.58. The van der Waals surface area contributed by atoms with Gasteiger partial charge in [-0.3, -0.25) is 10.1 Å². The molecule has 9 heteroatoms. The summed E-state index contributed by atoms with van der Waals surface area (Å²) in [6, 6.07) is 8.19. The number of nitrogens with zero attached hydrogens (tertiary/aromatic N) is 2. The first-order valence-electron chi connectivity index (χ1n) is 5.35. The molecule has 0 radical (unpaired) electrons. The maximum absolute atomic E-state index is 11.0. The maximum atomic E-state index is 11.0. The number of benzene rings is 1. The number of aromatic nitrogens is 1. The first-order valence-corrected chi connectivity index (χ1v) is 6.94. The van der Waals surface area contributed by atoms with Crippen molar-refractivity contribution in [3.05, 3.63) is 49.4 Å². The number of anilines is 3. The molecule has 0 unspecified atom stereocenters. The summed E-state index contributed by atoms with van der Waals surface area (Å²) in [6.07, 6.45) is 0. The maximum Gasteiger partial charge on any atom is 0.311 e. The van der Waals surface area contributed by atoms with Gasteiger partial charge in [-0.2, -0.15) is 0 Å². The van der Waals surface area contributed by atoms with Gasteiger partial charge in [0.1, 0.15) is 5.82 Å². The molecule has 20 heavy (non-hydrogen) atoms. The van der Waals surface area contributed by atoms with E-state index in [0.29, 0.717) is 11.5 Å². The average molecular weight is 403 g/mol. The van der Waals surface area contributed by atoms with Crippen molar-refractivity contribution in [2.75, 3.05) is 10.7 Å². The molecule has 1 heterocycles. The molecular formula is C11H9Br2N5O2. The molecule has 0 amide bonds. The number of nitro groups is 1. The monoisotopic (exact) mass is 401 g/mol. The summed E-state index contributed by atoms with van der Waals surface area (Å²) in [4.78, 5) is 14.6. The molecule has 0 aliphatic carbocycles. The second-order valence-electron chi connectivity index (χ2n) is 3.71. The standard InChI is InChI=1S/C11H9Br2N5O2/c12-6-1-2-7(13)8(5-6)15-11-9(18(19)20)3-4-10(16-11)17-14/h1-5H,14H2,(H2,15,16,17). The lowest BCUT2D eigenvalue weighted by molar-refractivity contribution is -0.384. The van der Waals surface area contributed by atoms with E-state index in [9.17, 15) is 10.1 Å². The van der Waals surface area contributed by atoms with E-state index in [1.54, 1.807) is 6.07 Å². The zero-order chi connectivity index (χ0) is 14.7. The largest absolute Gasteiger partial charge is 0.333 e. The number of hydrogen-bond acceptors (Lipinski definition) is 6. The van der Waals surface area contributed by atoms with Crippen molar-refractivity contribution in [2.24, 2.45) is 5.84 Å². The van der Waals surface area contributed by atoms with E-state index in [4.69, 9.17) is 5.84 Å². The van der Waals surface area contributed by atoms with E-state index >= 15 is 0 Å². The number of rotatable bonds is 4. The van der Waals surface area contributed by atoms with Gasteiger partial charge in [-0.25, -0.2) is 10.8 Å². The Hall–Kier alpha value is -1.71.